The van der Waals surface area contributed by atoms with E-state index in [-0.39, 0.29) is 18.4 Å². The van der Waals surface area contributed by atoms with Crippen molar-refractivity contribution in [3.8, 4) is 0 Å². The lowest BCUT2D eigenvalue weighted by Gasteiger charge is -2.17. The fraction of sp³-hybridized carbons (Fsp3) is 0.786. The fourth-order valence-electron chi connectivity index (χ4n) is 1.85. The molecule has 0 aromatic carbocycles. The second-order valence-corrected chi connectivity index (χ2v) is 6.04. The minimum absolute atomic E-state index is 0.139. The zero-order valence-corrected chi connectivity index (χ0v) is 13.2. The predicted molar refractivity (Wildman–Crippen MR) is 79.5 cm³/mol. The minimum Gasteiger partial charge on any atom is -0.480 e. The van der Waals surface area contributed by atoms with E-state index in [1.54, 1.807) is 0 Å². The van der Waals surface area contributed by atoms with Crippen molar-refractivity contribution in [1.82, 2.24) is 10.6 Å². The lowest BCUT2D eigenvalue weighted by Crippen LogP contribution is -2.49. The first-order valence-corrected chi connectivity index (χ1v) is 7.18. The Kier molecular flexibility index (Phi) is 8.61. The molecule has 0 saturated carbocycles. The standard InChI is InChI=1S/C14H27N3O4/c1-8(2)5-10(15)13(19)16-7-12(18)17-11(14(20)21)6-9(3)4/h8-11H,5-7,15H2,1-4H3,(H,16,19)(H,17,18)(H,20,21)/t10-,11+/m1/s1. The van der Waals surface area contributed by atoms with Gasteiger partial charge in [0.2, 0.25) is 11.8 Å². The normalized spacial score (nSPS) is 13.9. The number of aliphatic carboxylic acids is 1. The van der Waals surface area contributed by atoms with Crippen LogP contribution in [-0.4, -0.2) is 41.5 Å². The minimum atomic E-state index is -1.08. The van der Waals surface area contributed by atoms with Crippen LogP contribution >= 0.6 is 0 Å². The number of carbonyl (C=O) groups is 3. The van der Waals surface area contributed by atoms with Crippen LogP contribution in [0.3, 0.4) is 0 Å². The summed E-state index contributed by atoms with van der Waals surface area (Å²) in [4.78, 5) is 34.3. The third-order valence-corrected chi connectivity index (χ3v) is 2.83. The Labute approximate surface area is 125 Å². The van der Waals surface area contributed by atoms with Crippen LogP contribution in [0.4, 0.5) is 0 Å². The molecule has 0 rings (SSSR count). The highest BCUT2D eigenvalue weighted by atomic mass is 16.4. The second kappa shape index (κ2) is 9.33. The molecule has 0 fully saturated rings. The molecular weight excluding hydrogens is 274 g/mol. The van der Waals surface area contributed by atoms with Gasteiger partial charge in [0.15, 0.2) is 0 Å². The van der Waals surface area contributed by atoms with E-state index >= 15 is 0 Å². The number of rotatable bonds is 9. The van der Waals surface area contributed by atoms with Gasteiger partial charge in [0.1, 0.15) is 6.04 Å². The molecular formula is C14H27N3O4. The van der Waals surface area contributed by atoms with Crippen molar-refractivity contribution < 1.29 is 19.5 Å². The maximum atomic E-state index is 11.7. The van der Waals surface area contributed by atoms with Gasteiger partial charge < -0.3 is 21.5 Å². The van der Waals surface area contributed by atoms with Gasteiger partial charge in [-0.25, -0.2) is 4.79 Å². The Balaban J connectivity index is 4.24. The lowest BCUT2D eigenvalue weighted by atomic mass is 10.0. The van der Waals surface area contributed by atoms with Crippen LogP contribution in [-0.2, 0) is 14.4 Å². The van der Waals surface area contributed by atoms with E-state index in [9.17, 15) is 14.4 Å². The molecule has 0 heterocycles. The molecule has 0 bridgehead atoms. The van der Waals surface area contributed by atoms with Gasteiger partial charge in [-0.1, -0.05) is 27.7 Å². The second-order valence-electron chi connectivity index (χ2n) is 6.04. The molecule has 5 N–H and O–H groups in total. The first-order chi connectivity index (χ1) is 9.63. The van der Waals surface area contributed by atoms with E-state index in [1.165, 1.54) is 0 Å². The molecule has 0 aromatic heterocycles. The Bertz CT molecular complexity index is 369. The maximum Gasteiger partial charge on any atom is 0.326 e. The molecule has 21 heavy (non-hydrogen) atoms. The van der Waals surface area contributed by atoms with Gasteiger partial charge in [0, 0.05) is 0 Å². The van der Waals surface area contributed by atoms with E-state index in [1.807, 2.05) is 27.7 Å². The molecule has 0 unspecified atom stereocenters. The molecule has 0 aromatic rings. The summed E-state index contributed by atoms with van der Waals surface area (Å²) in [7, 11) is 0. The van der Waals surface area contributed by atoms with Crippen LogP contribution < -0.4 is 16.4 Å². The van der Waals surface area contributed by atoms with E-state index in [0.717, 1.165) is 0 Å². The van der Waals surface area contributed by atoms with Crippen molar-refractivity contribution in [2.24, 2.45) is 17.6 Å². The van der Waals surface area contributed by atoms with E-state index < -0.39 is 29.9 Å². The molecule has 0 aliphatic carbocycles. The van der Waals surface area contributed by atoms with Gasteiger partial charge in [-0.05, 0) is 24.7 Å². The van der Waals surface area contributed by atoms with Crippen molar-refractivity contribution in [1.29, 1.82) is 0 Å². The van der Waals surface area contributed by atoms with Gasteiger partial charge in [0.05, 0.1) is 12.6 Å². The molecule has 2 atom stereocenters. The number of nitrogens with one attached hydrogen (secondary N) is 2. The number of hydrogen-bond acceptors (Lipinski definition) is 4. The van der Waals surface area contributed by atoms with Crippen LogP contribution in [0.15, 0.2) is 0 Å². The van der Waals surface area contributed by atoms with Crippen LogP contribution in [0.25, 0.3) is 0 Å². The van der Waals surface area contributed by atoms with Crippen molar-refractivity contribution >= 4 is 17.8 Å². The van der Waals surface area contributed by atoms with Crippen LogP contribution in [0, 0.1) is 11.8 Å². The first kappa shape index (κ1) is 19.4. The number of carbonyl (C=O) groups excluding carboxylic acids is 2. The quantitative estimate of drug-likeness (QED) is 0.481. The monoisotopic (exact) mass is 301 g/mol. The third kappa shape index (κ3) is 9.01. The van der Waals surface area contributed by atoms with Crippen LogP contribution in [0.2, 0.25) is 0 Å². The molecule has 0 radical (unpaired) electrons. The van der Waals surface area contributed by atoms with Crippen molar-refractivity contribution in [3.05, 3.63) is 0 Å². The fourth-order valence-corrected chi connectivity index (χ4v) is 1.85. The Morgan fingerprint density at radius 1 is 1.05 bits per heavy atom. The summed E-state index contributed by atoms with van der Waals surface area (Å²) < 4.78 is 0. The number of carboxylic acids is 1. The molecule has 0 saturated heterocycles. The molecule has 0 aliphatic heterocycles. The van der Waals surface area contributed by atoms with E-state index in [2.05, 4.69) is 10.6 Å². The van der Waals surface area contributed by atoms with E-state index in [0.29, 0.717) is 12.8 Å². The summed E-state index contributed by atoms with van der Waals surface area (Å²) >= 11 is 0. The maximum absolute atomic E-state index is 11.7. The Morgan fingerprint density at radius 3 is 2.00 bits per heavy atom. The summed E-state index contributed by atoms with van der Waals surface area (Å²) in [6.07, 6.45) is 0.862. The summed E-state index contributed by atoms with van der Waals surface area (Å²) in [5, 5.41) is 13.8. The molecule has 0 aliphatic rings. The van der Waals surface area contributed by atoms with Gasteiger partial charge in [-0.3, -0.25) is 9.59 Å². The lowest BCUT2D eigenvalue weighted by molar-refractivity contribution is -0.142. The van der Waals surface area contributed by atoms with Crippen molar-refractivity contribution in [2.45, 2.75) is 52.6 Å². The Hall–Kier alpha value is -1.63. The highest BCUT2D eigenvalue weighted by molar-refractivity contribution is 5.89. The van der Waals surface area contributed by atoms with Crippen LogP contribution in [0.1, 0.15) is 40.5 Å². The topological polar surface area (TPSA) is 122 Å². The van der Waals surface area contributed by atoms with Crippen molar-refractivity contribution in [3.63, 3.8) is 0 Å². The number of hydrogen-bond donors (Lipinski definition) is 4. The highest BCUT2D eigenvalue weighted by Gasteiger charge is 2.22. The average Bonchev–Trinajstić information content (AvgIpc) is 2.33. The zero-order valence-electron chi connectivity index (χ0n) is 13.2. The predicted octanol–water partition coefficient (Wildman–Crippen LogP) is 0.0915. The number of carboxylic acid groups (broad SMARTS) is 1. The highest BCUT2D eigenvalue weighted by Crippen LogP contribution is 2.05. The summed E-state index contributed by atoms with van der Waals surface area (Å²) in [5.74, 6) is -1.61. The summed E-state index contributed by atoms with van der Waals surface area (Å²) in [6, 6.07) is -1.61. The summed E-state index contributed by atoms with van der Waals surface area (Å²) in [6.45, 7) is 7.36. The molecule has 7 nitrogen and oxygen atoms in total. The SMILES string of the molecule is CC(C)C[C@@H](N)C(=O)NCC(=O)N[C@@H](CC(C)C)C(=O)O. The number of nitrogens with two attached hydrogens (primary N) is 1. The molecule has 122 valence electrons. The van der Waals surface area contributed by atoms with Gasteiger partial charge >= 0.3 is 5.97 Å². The average molecular weight is 301 g/mol. The van der Waals surface area contributed by atoms with Crippen LogP contribution in [0.5, 0.6) is 0 Å². The molecule has 7 heteroatoms. The Morgan fingerprint density at radius 2 is 1.57 bits per heavy atom. The zero-order chi connectivity index (χ0) is 16.6. The molecule has 2 amide bonds. The third-order valence-electron chi connectivity index (χ3n) is 2.83. The van der Waals surface area contributed by atoms with Gasteiger partial charge in [-0.2, -0.15) is 0 Å². The smallest absolute Gasteiger partial charge is 0.326 e. The van der Waals surface area contributed by atoms with Crippen molar-refractivity contribution in [2.75, 3.05) is 6.54 Å². The summed E-state index contributed by atoms with van der Waals surface area (Å²) in [5.41, 5.74) is 5.68. The van der Waals surface area contributed by atoms with Gasteiger partial charge in [0.25, 0.3) is 0 Å². The number of amides is 2. The first-order valence-electron chi connectivity index (χ1n) is 7.18. The van der Waals surface area contributed by atoms with Gasteiger partial charge in [-0.15, -0.1) is 0 Å². The largest absolute Gasteiger partial charge is 0.480 e. The van der Waals surface area contributed by atoms with E-state index in [4.69, 9.17) is 10.8 Å². The molecule has 0 spiro atoms.